The second-order valence-corrected chi connectivity index (χ2v) is 9.33. The minimum atomic E-state index is -4.11. The SMILES string of the molecule is Cc1ccc(NC(=O)C(Cc2ccccc2)NS(=O)(=O)c2cccc3cccnc23)cc1F. The Morgan fingerprint density at radius 2 is 1.76 bits per heavy atom. The maximum Gasteiger partial charge on any atom is 0.243 e. The van der Waals surface area contributed by atoms with Crippen molar-refractivity contribution in [1.82, 2.24) is 9.71 Å². The number of nitrogens with one attached hydrogen (secondary N) is 2. The van der Waals surface area contributed by atoms with Gasteiger partial charge in [0.05, 0.1) is 5.52 Å². The fourth-order valence-corrected chi connectivity index (χ4v) is 4.86. The molecule has 1 atom stereocenters. The minimum Gasteiger partial charge on any atom is -0.325 e. The minimum absolute atomic E-state index is 0.0205. The zero-order valence-electron chi connectivity index (χ0n) is 17.8. The number of fused-ring (bicyclic) bond motifs is 1. The number of sulfonamides is 1. The quantitative estimate of drug-likeness (QED) is 0.430. The third-order valence-electron chi connectivity index (χ3n) is 5.22. The van der Waals surface area contributed by atoms with Crippen LogP contribution in [0.4, 0.5) is 10.1 Å². The first kappa shape index (κ1) is 22.6. The number of para-hydroxylation sites is 1. The molecule has 168 valence electrons. The molecule has 3 aromatic carbocycles. The molecular formula is C25H22FN3O3S. The summed E-state index contributed by atoms with van der Waals surface area (Å²) in [4.78, 5) is 17.3. The molecule has 2 N–H and O–H groups in total. The van der Waals surface area contributed by atoms with Gasteiger partial charge in [0.15, 0.2) is 0 Å². The third kappa shape index (κ3) is 5.24. The molecule has 0 aliphatic heterocycles. The van der Waals surface area contributed by atoms with Crippen LogP contribution < -0.4 is 10.0 Å². The first-order valence-corrected chi connectivity index (χ1v) is 11.8. The van der Waals surface area contributed by atoms with Crippen molar-refractivity contribution in [3.05, 3.63) is 102 Å². The summed E-state index contributed by atoms with van der Waals surface area (Å²) in [5.74, 6) is -1.06. The van der Waals surface area contributed by atoms with Crippen LogP contribution in [0.1, 0.15) is 11.1 Å². The molecule has 33 heavy (non-hydrogen) atoms. The maximum absolute atomic E-state index is 13.9. The zero-order valence-corrected chi connectivity index (χ0v) is 18.6. The number of anilines is 1. The average Bonchev–Trinajstić information content (AvgIpc) is 2.81. The molecule has 1 heterocycles. The largest absolute Gasteiger partial charge is 0.325 e. The molecule has 6 nitrogen and oxygen atoms in total. The number of hydrogen-bond acceptors (Lipinski definition) is 4. The van der Waals surface area contributed by atoms with Gasteiger partial charge in [0.25, 0.3) is 0 Å². The average molecular weight is 464 g/mol. The van der Waals surface area contributed by atoms with Gasteiger partial charge in [0, 0.05) is 17.3 Å². The van der Waals surface area contributed by atoms with E-state index in [4.69, 9.17) is 0 Å². The van der Waals surface area contributed by atoms with Gasteiger partial charge in [-0.05, 0) is 48.7 Å². The van der Waals surface area contributed by atoms with Crippen molar-refractivity contribution in [3.8, 4) is 0 Å². The fourth-order valence-electron chi connectivity index (χ4n) is 3.48. The van der Waals surface area contributed by atoms with Crippen molar-refractivity contribution < 1.29 is 17.6 Å². The van der Waals surface area contributed by atoms with Crippen LogP contribution in [0.25, 0.3) is 10.9 Å². The van der Waals surface area contributed by atoms with Crippen LogP contribution in [0.3, 0.4) is 0 Å². The smallest absolute Gasteiger partial charge is 0.243 e. The van der Waals surface area contributed by atoms with Crippen molar-refractivity contribution in [2.45, 2.75) is 24.3 Å². The van der Waals surface area contributed by atoms with E-state index in [0.717, 1.165) is 5.56 Å². The Kier molecular flexibility index (Phi) is 6.48. The monoisotopic (exact) mass is 463 g/mol. The highest BCUT2D eigenvalue weighted by atomic mass is 32.2. The molecule has 0 radical (unpaired) electrons. The molecule has 1 aromatic heterocycles. The number of halogens is 1. The summed E-state index contributed by atoms with van der Waals surface area (Å²) in [6, 6.07) is 20.6. The second-order valence-electron chi connectivity index (χ2n) is 7.65. The maximum atomic E-state index is 13.9. The molecule has 0 aliphatic carbocycles. The van der Waals surface area contributed by atoms with Gasteiger partial charge in [-0.15, -0.1) is 0 Å². The number of carbonyl (C=O) groups excluding carboxylic acids is 1. The molecule has 0 bridgehead atoms. The van der Waals surface area contributed by atoms with Crippen molar-refractivity contribution in [3.63, 3.8) is 0 Å². The summed E-state index contributed by atoms with van der Waals surface area (Å²) in [5.41, 5.74) is 1.77. The molecule has 0 saturated carbocycles. The predicted octanol–water partition coefficient (Wildman–Crippen LogP) is 4.21. The van der Waals surface area contributed by atoms with Crippen LogP contribution in [0.5, 0.6) is 0 Å². The number of rotatable bonds is 7. The van der Waals surface area contributed by atoms with E-state index >= 15 is 0 Å². The molecule has 8 heteroatoms. The lowest BCUT2D eigenvalue weighted by molar-refractivity contribution is -0.117. The number of aromatic nitrogens is 1. The van der Waals surface area contributed by atoms with Crippen LogP contribution in [0, 0.1) is 12.7 Å². The number of hydrogen-bond donors (Lipinski definition) is 2. The highest BCUT2D eigenvalue weighted by molar-refractivity contribution is 7.89. The van der Waals surface area contributed by atoms with Gasteiger partial charge in [0.2, 0.25) is 15.9 Å². The lowest BCUT2D eigenvalue weighted by Gasteiger charge is -2.19. The lowest BCUT2D eigenvalue weighted by Crippen LogP contribution is -2.45. The number of carbonyl (C=O) groups is 1. The van der Waals surface area contributed by atoms with Gasteiger partial charge >= 0.3 is 0 Å². The van der Waals surface area contributed by atoms with Crippen molar-refractivity contribution in [1.29, 1.82) is 0 Å². The Balaban J connectivity index is 1.66. The van der Waals surface area contributed by atoms with Crippen molar-refractivity contribution in [2.24, 2.45) is 0 Å². The molecule has 4 aromatic rings. The van der Waals surface area contributed by atoms with Gasteiger partial charge in [-0.25, -0.2) is 12.8 Å². The van der Waals surface area contributed by atoms with E-state index < -0.39 is 27.8 Å². The standard InChI is InChI=1S/C25H22FN3O3S/c1-17-12-13-20(16-21(17)26)28-25(30)22(15-18-7-3-2-4-8-18)29-33(31,32)23-11-5-9-19-10-6-14-27-24(19)23/h2-14,16,22,29H,15H2,1H3,(H,28,30). The third-order valence-corrected chi connectivity index (χ3v) is 6.72. The summed E-state index contributed by atoms with van der Waals surface area (Å²) in [5, 5.41) is 3.29. The number of amides is 1. The van der Waals surface area contributed by atoms with Crippen LogP contribution in [0.2, 0.25) is 0 Å². The van der Waals surface area contributed by atoms with E-state index in [1.165, 1.54) is 18.3 Å². The number of benzene rings is 3. The summed E-state index contributed by atoms with van der Waals surface area (Å²) in [6.45, 7) is 1.62. The van der Waals surface area contributed by atoms with E-state index in [9.17, 15) is 17.6 Å². The first-order valence-electron chi connectivity index (χ1n) is 10.3. The highest BCUT2D eigenvalue weighted by Crippen LogP contribution is 2.22. The molecule has 4 rings (SSSR count). The Labute approximate surface area is 191 Å². The zero-order chi connectivity index (χ0) is 23.4. The molecule has 1 unspecified atom stereocenters. The number of aryl methyl sites for hydroxylation is 1. The topological polar surface area (TPSA) is 88.2 Å². The molecular weight excluding hydrogens is 441 g/mol. The summed E-state index contributed by atoms with van der Waals surface area (Å²) < 4.78 is 43.1. The van der Waals surface area contributed by atoms with Crippen molar-refractivity contribution >= 4 is 32.5 Å². The van der Waals surface area contributed by atoms with Gasteiger partial charge in [0.1, 0.15) is 16.8 Å². The molecule has 0 spiro atoms. The van der Waals surface area contributed by atoms with Crippen LogP contribution >= 0.6 is 0 Å². The summed E-state index contributed by atoms with van der Waals surface area (Å²) in [7, 11) is -4.11. The van der Waals surface area contributed by atoms with E-state index in [0.29, 0.717) is 16.5 Å². The molecule has 0 saturated heterocycles. The Hall–Kier alpha value is -3.62. The van der Waals surface area contributed by atoms with Gasteiger partial charge in [-0.3, -0.25) is 9.78 Å². The van der Waals surface area contributed by atoms with Gasteiger partial charge in [-0.1, -0.05) is 54.6 Å². The van der Waals surface area contributed by atoms with Gasteiger partial charge in [-0.2, -0.15) is 4.72 Å². The highest BCUT2D eigenvalue weighted by Gasteiger charge is 2.28. The van der Waals surface area contributed by atoms with Crippen LogP contribution in [-0.4, -0.2) is 25.4 Å². The number of nitrogens with zero attached hydrogens (tertiary/aromatic N) is 1. The second kappa shape index (κ2) is 9.48. The van der Waals surface area contributed by atoms with E-state index in [1.807, 2.05) is 18.2 Å². The van der Waals surface area contributed by atoms with Gasteiger partial charge < -0.3 is 5.32 Å². The van der Waals surface area contributed by atoms with E-state index in [2.05, 4.69) is 15.0 Å². The normalized spacial score (nSPS) is 12.4. The Morgan fingerprint density at radius 3 is 2.52 bits per heavy atom. The fraction of sp³-hybridized carbons (Fsp3) is 0.120. The summed E-state index contributed by atoms with van der Waals surface area (Å²) >= 11 is 0. The predicted molar refractivity (Wildman–Crippen MR) is 126 cm³/mol. The Morgan fingerprint density at radius 1 is 1.00 bits per heavy atom. The van der Waals surface area contributed by atoms with Crippen LogP contribution in [0.15, 0.2) is 90.0 Å². The molecule has 0 fully saturated rings. The first-order chi connectivity index (χ1) is 15.8. The van der Waals surface area contributed by atoms with E-state index in [1.54, 1.807) is 55.5 Å². The summed E-state index contributed by atoms with van der Waals surface area (Å²) in [6.07, 6.45) is 1.62. The lowest BCUT2D eigenvalue weighted by atomic mass is 10.1. The Bertz CT molecular complexity index is 1400. The molecule has 0 aliphatic rings. The molecule has 1 amide bonds. The number of pyridine rings is 1. The van der Waals surface area contributed by atoms with Crippen LogP contribution in [-0.2, 0) is 21.2 Å². The van der Waals surface area contributed by atoms with E-state index in [-0.39, 0.29) is 17.0 Å². The van der Waals surface area contributed by atoms with Crippen molar-refractivity contribution in [2.75, 3.05) is 5.32 Å².